The molecule has 0 aliphatic rings. The molecule has 5 nitrogen and oxygen atoms in total. The first-order valence-corrected chi connectivity index (χ1v) is 6.05. The van der Waals surface area contributed by atoms with Crippen LogP contribution in [0.5, 0.6) is 0 Å². The predicted octanol–water partition coefficient (Wildman–Crippen LogP) is 1.09. The average Bonchev–Trinajstić information content (AvgIpc) is 2.27. The molecule has 0 spiro atoms. The van der Waals surface area contributed by atoms with E-state index in [0.717, 1.165) is 6.34 Å². The van der Waals surface area contributed by atoms with Crippen LogP contribution in [0.4, 0.5) is 0 Å². The number of nitrogens with zero attached hydrogens (tertiary/aromatic N) is 1. The van der Waals surface area contributed by atoms with E-state index in [0.29, 0.717) is 6.29 Å². The summed E-state index contributed by atoms with van der Waals surface area (Å²) in [7, 11) is -2.35. The van der Waals surface area contributed by atoms with Gasteiger partial charge in [0.2, 0.25) is 0 Å². The fraction of sp³-hybridized carbons (Fsp3) is 0.111. The van der Waals surface area contributed by atoms with E-state index in [9.17, 15) is 13.2 Å². The number of carbonyl (C=O) groups excluding carboxylic acids is 1. The maximum absolute atomic E-state index is 11.7. The van der Waals surface area contributed by atoms with Crippen LogP contribution in [0.3, 0.4) is 0 Å². The Bertz CT molecular complexity index is 526. The van der Waals surface area contributed by atoms with Crippen molar-refractivity contribution in [3.8, 4) is 0 Å². The Balaban J connectivity index is 3.26. The first-order valence-electron chi connectivity index (χ1n) is 4.19. The van der Waals surface area contributed by atoms with Crippen LogP contribution in [-0.2, 0) is 10.0 Å². The van der Waals surface area contributed by atoms with Gasteiger partial charge in [0.15, 0.2) is 0 Å². The van der Waals surface area contributed by atoms with Crippen molar-refractivity contribution in [2.45, 2.75) is 4.90 Å². The molecule has 16 heavy (non-hydrogen) atoms. The van der Waals surface area contributed by atoms with E-state index in [4.69, 9.17) is 11.6 Å². The highest BCUT2D eigenvalue weighted by atomic mass is 35.5. The Morgan fingerprint density at radius 3 is 2.69 bits per heavy atom. The number of hydrogen-bond donors (Lipinski definition) is 1. The van der Waals surface area contributed by atoms with Crippen LogP contribution in [0.1, 0.15) is 10.4 Å². The summed E-state index contributed by atoms with van der Waals surface area (Å²) in [5.41, 5.74) is 0.234. The Labute approximate surface area is 98.2 Å². The van der Waals surface area contributed by atoms with Gasteiger partial charge in [0.25, 0.3) is 10.0 Å². The number of hydrogen-bond acceptors (Lipinski definition) is 4. The number of sulfonamides is 1. The van der Waals surface area contributed by atoms with Gasteiger partial charge in [-0.15, -0.1) is 0 Å². The lowest BCUT2D eigenvalue weighted by molar-refractivity contribution is 0.112. The van der Waals surface area contributed by atoms with Gasteiger partial charge in [0.1, 0.15) is 11.2 Å². The van der Waals surface area contributed by atoms with E-state index in [2.05, 4.69) is 9.71 Å². The summed E-state index contributed by atoms with van der Waals surface area (Å²) in [6.07, 6.45) is 1.57. The summed E-state index contributed by atoms with van der Waals surface area (Å²) in [4.78, 5) is 13.9. The van der Waals surface area contributed by atoms with Gasteiger partial charge in [-0.1, -0.05) is 17.7 Å². The first kappa shape index (κ1) is 12.7. The van der Waals surface area contributed by atoms with Crippen molar-refractivity contribution in [2.24, 2.45) is 4.99 Å². The van der Waals surface area contributed by atoms with E-state index in [-0.39, 0.29) is 15.5 Å². The third-order valence-corrected chi connectivity index (χ3v) is 3.49. The number of benzene rings is 1. The number of nitrogens with one attached hydrogen (secondary N) is 1. The average molecular weight is 261 g/mol. The SMILES string of the molecule is CN=CNS(=O)(=O)c1cc(C=O)ccc1Cl. The molecule has 7 heteroatoms. The zero-order valence-corrected chi connectivity index (χ0v) is 9.92. The number of aldehydes is 1. The molecule has 0 unspecified atom stereocenters. The van der Waals surface area contributed by atoms with Crippen LogP contribution in [0.2, 0.25) is 5.02 Å². The smallest absolute Gasteiger partial charge is 0.264 e. The molecule has 1 N–H and O–H groups in total. The van der Waals surface area contributed by atoms with Crippen LogP contribution in [-0.4, -0.2) is 28.1 Å². The molecule has 0 atom stereocenters. The molecular formula is C9H9ClN2O3S. The monoisotopic (exact) mass is 260 g/mol. The van der Waals surface area contributed by atoms with Gasteiger partial charge in [-0.3, -0.25) is 14.5 Å². The molecule has 0 aliphatic heterocycles. The number of halogens is 1. The van der Waals surface area contributed by atoms with Crippen molar-refractivity contribution >= 4 is 34.2 Å². The number of rotatable bonds is 4. The maximum atomic E-state index is 11.7. The van der Waals surface area contributed by atoms with Gasteiger partial charge in [-0.25, -0.2) is 8.42 Å². The van der Waals surface area contributed by atoms with Gasteiger partial charge in [-0.05, 0) is 12.1 Å². The Morgan fingerprint density at radius 2 is 2.12 bits per heavy atom. The van der Waals surface area contributed by atoms with E-state index in [1.54, 1.807) is 0 Å². The highest BCUT2D eigenvalue weighted by Gasteiger charge is 2.16. The van der Waals surface area contributed by atoms with E-state index >= 15 is 0 Å². The van der Waals surface area contributed by atoms with Crippen LogP contribution >= 0.6 is 11.6 Å². The van der Waals surface area contributed by atoms with Gasteiger partial charge >= 0.3 is 0 Å². The van der Waals surface area contributed by atoms with E-state index in [1.807, 2.05) is 0 Å². The summed E-state index contributed by atoms with van der Waals surface area (Å²) < 4.78 is 25.5. The second-order valence-corrected chi connectivity index (χ2v) is 4.91. The normalized spacial score (nSPS) is 11.6. The molecule has 0 saturated carbocycles. The van der Waals surface area contributed by atoms with Crippen molar-refractivity contribution in [2.75, 3.05) is 7.05 Å². The Morgan fingerprint density at radius 1 is 1.44 bits per heavy atom. The summed E-state index contributed by atoms with van der Waals surface area (Å²) in [6.45, 7) is 0. The molecular weight excluding hydrogens is 252 g/mol. The largest absolute Gasteiger partial charge is 0.298 e. The number of aliphatic imine (C=N–C) groups is 1. The lowest BCUT2D eigenvalue weighted by atomic mass is 10.2. The zero-order chi connectivity index (χ0) is 12.2. The highest BCUT2D eigenvalue weighted by Crippen LogP contribution is 2.21. The first-order chi connectivity index (χ1) is 7.51. The fourth-order valence-corrected chi connectivity index (χ4v) is 2.39. The van der Waals surface area contributed by atoms with Crippen molar-refractivity contribution < 1.29 is 13.2 Å². The van der Waals surface area contributed by atoms with Gasteiger partial charge in [-0.2, -0.15) is 0 Å². The summed E-state index contributed by atoms with van der Waals surface area (Å²) >= 11 is 5.74. The van der Waals surface area contributed by atoms with Crippen LogP contribution in [0.15, 0.2) is 28.1 Å². The molecule has 0 heterocycles. The van der Waals surface area contributed by atoms with Gasteiger partial charge in [0, 0.05) is 12.6 Å². The van der Waals surface area contributed by atoms with Crippen molar-refractivity contribution in [3.05, 3.63) is 28.8 Å². The Kier molecular flexibility index (Phi) is 4.03. The lowest BCUT2D eigenvalue weighted by Crippen LogP contribution is -2.22. The summed E-state index contributed by atoms with van der Waals surface area (Å²) in [5, 5.41) is 0.0441. The molecule has 1 aromatic carbocycles. The van der Waals surface area contributed by atoms with Crippen LogP contribution in [0.25, 0.3) is 0 Å². The predicted molar refractivity (Wildman–Crippen MR) is 61.6 cm³/mol. The molecule has 0 bridgehead atoms. The van der Waals surface area contributed by atoms with Crippen LogP contribution < -0.4 is 4.72 Å². The van der Waals surface area contributed by atoms with Gasteiger partial charge in [0.05, 0.1) is 11.4 Å². The summed E-state index contributed by atoms with van der Waals surface area (Å²) in [5.74, 6) is 0. The molecule has 1 rings (SSSR count). The van der Waals surface area contributed by atoms with Crippen molar-refractivity contribution in [1.82, 2.24) is 4.72 Å². The van der Waals surface area contributed by atoms with Crippen molar-refractivity contribution in [3.63, 3.8) is 0 Å². The maximum Gasteiger partial charge on any atom is 0.264 e. The molecule has 0 radical (unpaired) electrons. The molecule has 0 aromatic heterocycles. The second-order valence-electron chi connectivity index (χ2n) is 2.82. The lowest BCUT2D eigenvalue weighted by Gasteiger charge is -2.05. The third kappa shape index (κ3) is 2.80. The van der Waals surface area contributed by atoms with Crippen molar-refractivity contribution in [1.29, 1.82) is 0 Å². The second kappa shape index (κ2) is 5.09. The minimum Gasteiger partial charge on any atom is -0.298 e. The molecule has 1 aromatic rings. The summed E-state index contributed by atoms with van der Waals surface area (Å²) in [6, 6.07) is 3.98. The van der Waals surface area contributed by atoms with Gasteiger partial charge < -0.3 is 0 Å². The zero-order valence-electron chi connectivity index (χ0n) is 8.34. The topological polar surface area (TPSA) is 75.6 Å². The molecule has 0 aliphatic carbocycles. The van der Waals surface area contributed by atoms with Crippen LogP contribution in [0, 0.1) is 0 Å². The minimum absolute atomic E-state index is 0.0441. The molecule has 0 saturated heterocycles. The standard InChI is InChI=1S/C9H9ClN2O3S/c1-11-6-12-16(14,15)9-4-7(5-13)2-3-8(9)10/h2-6H,1H3,(H,11,12). The van der Waals surface area contributed by atoms with E-state index < -0.39 is 10.0 Å². The van der Waals surface area contributed by atoms with E-state index in [1.165, 1.54) is 25.2 Å². The highest BCUT2D eigenvalue weighted by molar-refractivity contribution is 7.90. The fourth-order valence-electron chi connectivity index (χ4n) is 0.985. The molecule has 0 fully saturated rings. The molecule has 86 valence electrons. The molecule has 0 amide bonds. The quantitative estimate of drug-likeness (QED) is 0.500. The third-order valence-electron chi connectivity index (χ3n) is 1.72. The Hall–Kier alpha value is -1.40. The minimum atomic E-state index is -3.78. The number of carbonyl (C=O) groups is 1.